The molecular weight excluding hydrogens is 208 g/mol. The van der Waals surface area contributed by atoms with E-state index in [4.69, 9.17) is 4.74 Å². The van der Waals surface area contributed by atoms with Gasteiger partial charge >= 0.3 is 0 Å². The van der Waals surface area contributed by atoms with Crippen LogP contribution in [0.4, 0.5) is 0 Å². The summed E-state index contributed by atoms with van der Waals surface area (Å²) in [7, 11) is 2.00. The zero-order valence-electron chi connectivity index (χ0n) is 9.74. The second-order valence-corrected chi connectivity index (χ2v) is 5.96. The molecule has 0 radical (unpaired) electrons. The number of thioether (sulfide) groups is 1. The Hall–Kier alpha value is 0.230. The molecule has 2 aliphatic rings. The van der Waals surface area contributed by atoms with Crippen LogP contribution in [0, 0.1) is 0 Å². The molecule has 0 amide bonds. The zero-order chi connectivity index (χ0) is 10.7. The summed E-state index contributed by atoms with van der Waals surface area (Å²) >= 11 is 2.12. The van der Waals surface area contributed by atoms with Crippen molar-refractivity contribution < 1.29 is 4.74 Å². The van der Waals surface area contributed by atoms with Crippen LogP contribution in [0.2, 0.25) is 0 Å². The summed E-state index contributed by atoms with van der Waals surface area (Å²) in [4.78, 5) is 2.64. The van der Waals surface area contributed by atoms with Gasteiger partial charge in [-0.2, -0.15) is 11.8 Å². The molecule has 15 heavy (non-hydrogen) atoms. The van der Waals surface area contributed by atoms with Crippen LogP contribution >= 0.6 is 11.8 Å². The van der Waals surface area contributed by atoms with Crippen LogP contribution in [0.15, 0.2) is 0 Å². The lowest BCUT2D eigenvalue weighted by molar-refractivity contribution is -0.0403. The highest BCUT2D eigenvalue weighted by molar-refractivity contribution is 8.00. The monoisotopic (exact) mass is 230 g/mol. The van der Waals surface area contributed by atoms with Crippen molar-refractivity contribution in [2.24, 2.45) is 0 Å². The molecule has 4 heteroatoms. The Morgan fingerprint density at radius 3 is 3.07 bits per heavy atom. The van der Waals surface area contributed by atoms with Gasteiger partial charge in [-0.15, -0.1) is 0 Å². The highest BCUT2D eigenvalue weighted by Crippen LogP contribution is 2.30. The van der Waals surface area contributed by atoms with E-state index in [9.17, 15) is 0 Å². The van der Waals surface area contributed by atoms with Gasteiger partial charge in [-0.1, -0.05) is 6.92 Å². The van der Waals surface area contributed by atoms with E-state index in [1.54, 1.807) is 0 Å². The minimum atomic E-state index is 0.390. The number of hydrogen-bond acceptors (Lipinski definition) is 4. The predicted octanol–water partition coefficient (Wildman–Crippen LogP) is 0.801. The number of morpholine rings is 1. The van der Waals surface area contributed by atoms with E-state index in [0.717, 1.165) is 37.5 Å². The molecular formula is C11H22N2OS. The van der Waals surface area contributed by atoms with Gasteiger partial charge in [0.25, 0.3) is 0 Å². The molecule has 0 aromatic rings. The van der Waals surface area contributed by atoms with E-state index < -0.39 is 0 Å². The molecule has 0 aromatic heterocycles. The number of hydrogen-bond donors (Lipinski definition) is 1. The second-order valence-electron chi connectivity index (χ2n) is 4.48. The standard InChI is InChI=1S/C11H22N2OS/c1-9-11(3-6-15-9)13-4-5-14-10(8-13)7-12-2/h9-12H,3-8H2,1-2H3. The number of ether oxygens (including phenoxy) is 1. The third-order valence-corrected chi connectivity index (χ3v) is 4.72. The summed E-state index contributed by atoms with van der Waals surface area (Å²) in [6.07, 6.45) is 1.75. The van der Waals surface area contributed by atoms with Crippen LogP contribution in [0.3, 0.4) is 0 Å². The highest BCUT2D eigenvalue weighted by atomic mass is 32.2. The van der Waals surface area contributed by atoms with Gasteiger partial charge in [0.15, 0.2) is 0 Å². The molecule has 1 N–H and O–H groups in total. The fourth-order valence-corrected chi connectivity index (χ4v) is 3.87. The lowest BCUT2D eigenvalue weighted by atomic mass is 10.1. The van der Waals surface area contributed by atoms with Gasteiger partial charge in [0, 0.05) is 30.9 Å². The van der Waals surface area contributed by atoms with Crippen LogP contribution in [0.1, 0.15) is 13.3 Å². The topological polar surface area (TPSA) is 24.5 Å². The van der Waals surface area contributed by atoms with Gasteiger partial charge in [0.2, 0.25) is 0 Å². The van der Waals surface area contributed by atoms with Gasteiger partial charge in [0.05, 0.1) is 12.7 Å². The molecule has 2 aliphatic heterocycles. The minimum Gasteiger partial charge on any atom is -0.374 e. The van der Waals surface area contributed by atoms with Crippen LogP contribution < -0.4 is 5.32 Å². The van der Waals surface area contributed by atoms with E-state index in [2.05, 4.69) is 28.9 Å². The average Bonchev–Trinajstić information content (AvgIpc) is 2.65. The van der Waals surface area contributed by atoms with E-state index in [-0.39, 0.29) is 0 Å². The lowest BCUT2D eigenvalue weighted by Gasteiger charge is -2.38. The van der Waals surface area contributed by atoms with Crippen molar-refractivity contribution in [1.82, 2.24) is 10.2 Å². The van der Waals surface area contributed by atoms with E-state index >= 15 is 0 Å². The zero-order valence-corrected chi connectivity index (χ0v) is 10.6. The highest BCUT2D eigenvalue weighted by Gasteiger charge is 2.32. The number of nitrogens with one attached hydrogen (secondary N) is 1. The Morgan fingerprint density at radius 1 is 1.53 bits per heavy atom. The Labute approximate surface area is 96.9 Å². The molecule has 3 unspecified atom stereocenters. The minimum absolute atomic E-state index is 0.390. The Bertz CT molecular complexity index is 201. The smallest absolute Gasteiger partial charge is 0.0826 e. The Morgan fingerprint density at radius 2 is 2.40 bits per heavy atom. The molecule has 3 atom stereocenters. The van der Waals surface area contributed by atoms with Crippen LogP contribution in [0.5, 0.6) is 0 Å². The molecule has 88 valence electrons. The van der Waals surface area contributed by atoms with Crippen molar-refractivity contribution in [3.05, 3.63) is 0 Å². The lowest BCUT2D eigenvalue weighted by Crippen LogP contribution is -2.51. The van der Waals surface area contributed by atoms with Crippen LogP contribution in [-0.2, 0) is 4.74 Å². The number of likely N-dealkylation sites (N-methyl/N-ethyl adjacent to an activating group) is 1. The number of nitrogens with zero attached hydrogens (tertiary/aromatic N) is 1. The molecule has 0 aliphatic carbocycles. The Kier molecular flexibility index (Phi) is 4.31. The fraction of sp³-hybridized carbons (Fsp3) is 1.00. The maximum Gasteiger partial charge on any atom is 0.0826 e. The van der Waals surface area contributed by atoms with E-state index in [0.29, 0.717) is 6.10 Å². The van der Waals surface area contributed by atoms with Crippen molar-refractivity contribution >= 4 is 11.8 Å². The maximum absolute atomic E-state index is 5.73. The largest absolute Gasteiger partial charge is 0.374 e. The first-order valence-corrected chi connectivity index (χ1v) is 6.98. The average molecular weight is 230 g/mol. The van der Waals surface area contributed by atoms with Crippen molar-refractivity contribution in [2.45, 2.75) is 30.7 Å². The first-order chi connectivity index (χ1) is 7.31. The van der Waals surface area contributed by atoms with Crippen molar-refractivity contribution in [1.29, 1.82) is 0 Å². The summed E-state index contributed by atoms with van der Waals surface area (Å²) < 4.78 is 5.73. The van der Waals surface area contributed by atoms with Crippen molar-refractivity contribution in [3.8, 4) is 0 Å². The van der Waals surface area contributed by atoms with Crippen LogP contribution in [-0.4, -0.2) is 61.3 Å². The third kappa shape index (κ3) is 2.87. The van der Waals surface area contributed by atoms with E-state index in [1.807, 2.05) is 7.05 Å². The molecule has 3 nitrogen and oxygen atoms in total. The summed E-state index contributed by atoms with van der Waals surface area (Å²) in [6, 6.07) is 0.790. The fourth-order valence-electron chi connectivity index (χ4n) is 2.59. The van der Waals surface area contributed by atoms with Gasteiger partial charge in [-0.05, 0) is 19.2 Å². The first kappa shape index (κ1) is 11.7. The number of rotatable bonds is 3. The van der Waals surface area contributed by atoms with Gasteiger partial charge < -0.3 is 10.1 Å². The summed E-state index contributed by atoms with van der Waals surface area (Å²) in [5.74, 6) is 1.33. The summed E-state index contributed by atoms with van der Waals surface area (Å²) in [5.41, 5.74) is 0. The Balaban J connectivity index is 1.86. The third-order valence-electron chi connectivity index (χ3n) is 3.41. The molecule has 0 saturated carbocycles. The first-order valence-electron chi connectivity index (χ1n) is 5.93. The maximum atomic E-state index is 5.73. The molecule has 2 heterocycles. The second kappa shape index (κ2) is 5.53. The molecule has 2 rings (SSSR count). The molecule has 0 spiro atoms. The van der Waals surface area contributed by atoms with Crippen LogP contribution in [0.25, 0.3) is 0 Å². The van der Waals surface area contributed by atoms with Gasteiger partial charge in [-0.25, -0.2) is 0 Å². The van der Waals surface area contributed by atoms with Crippen molar-refractivity contribution in [2.75, 3.05) is 39.0 Å². The summed E-state index contributed by atoms with van der Waals surface area (Å²) in [6.45, 7) is 6.47. The molecule has 0 bridgehead atoms. The quantitative estimate of drug-likeness (QED) is 0.775. The SMILES string of the molecule is CNCC1CN(C2CCSC2C)CCO1. The molecule has 0 aromatic carbocycles. The van der Waals surface area contributed by atoms with Gasteiger partial charge in [-0.3, -0.25) is 4.90 Å². The molecule has 2 saturated heterocycles. The normalized spacial score (nSPS) is 38.4. The summed E-state index contributed by atoms with van der Waals surface area (Å²) in [5, 5.41) is 4.01. The predicted molar refractivity (Wildman–Crippen MR) is 65.6 cm³/mol. The van der Waals surface area contributed by atoms with E-state index in [1.165, 1.54) is 12.2 Å². The molecule has 2 fully saturated rings. The van der Waals surface area contributed by atoms with Crippen molar-refractivity contribution in [3.63, 3.8) is 0 Å². The van der Waals surface area contributed by atoms with Gasteiger partial charge in [0.1, 0.15) is 0 Å².